The zero-order valence-corrected chi connectivity index (χ0v) is 9.29. The van der Waals surface area contributed by atoms with Crippen molar-refractivity contribution in [3.63, 3.8) is 0 Å². The van der Waals surface area contributed by atoms with Gasteiger partial charge in [-0.1, -0.05) is 26.0 Å². The van der Waals surface area contributed by atoms with E-state index in [9.17, 15) is 4.57 Å². The van der Waals surface area contributed by atoms with Crippen molar-refractivity contribution in [1.29, 1.82) is 0 Å². The lowest BCUT2D eigenvalue weighted by atomic mass is 10.1. The third-order valence-electron chi connectivity index (χ3n) is 2.25. The molecule has 0 amide bonds. The highest BCUT2D eigenvalue weighted by molar-refractivity contribution is 7.60. The first-order valence-corrected chi connectivity index (χ1v) is 6.28. The summed E-state index contributed by atoms with van der Waals surface area (Å²) in [5.41, 5.74) is 1.86. The maximum absolute atomic E-state index is 11.1. The third kappa shape index (κ3) is 2.44. The summed E-state index contributed by atoms with van der Waals surface area (Å²) in [4.78, 5) is 18.2. The van der Waals surface area contributed by atoms with E-state index < -0.39 is 7.60 Å². The molecule has 0 aliphatic heterocycles. The van der Waals surface area contributed by atoms with E-state index in [4.69, 9.17) is 9.79 Å². The van der Waals surface area contributed by atoms with Crippen LogP contribution in [-0.2, 0) is 17.4 Å². The van der Waals surface area contributed by atoms with Gasteiger partial charge in [-0.2, -0.15) is 0 Å². The smallest absolute Gasteiger partial charge is 0.321 e. The second-order valence-electron chi connectivity index (χ2n) is 3.21. The minimum Gasteiger partial charge on any atom is -0.321 e. The van der Waals surface area contributed by atoms with Gasteiger partial charge in [0.15, 0.2) is 0 Å². The Labute approximate surface area is 83.9 Å². The summed E-state index contributed by atoms with van der Waals surface area (Å²) in [7, 11) is -4.10. The molecular weight excluding hydrogens is 199 g/mol. The predicted molar refractivity (Wildman–Crippen MR) is 56.9 cm³/mol. The van der Waals surface area contributed by atoms with Gasteiger partial charge in [0.25, 0.3) is 0 Å². The Morgan fingerprint density at radius 2 is 1.86 bits per heavy atom. The summed E-state index contributed by atoms with van der Waals surface area (Å²) in [6, 6.07) is 5.18. The highest BCUT2D eigenvalue weighted by Crippen LogP contribution is 2.35. The Morgan fingerprint density at radius 3 is 2.29 bits per heavy atom. The lowest BCUT2D eigenvalue weighted by Gasteiger charge is -2.10. The van der Waals surface area contributed by atoms with E-state index in [2.05, 4.69) is 0 Å². The molecule has 2 N–H and O–H groups in total. The van der Waals surface area contributed by atoms with Crippen LogP contribution in [0.4, 0.5) is 0 Å². The van der Waals surface area contributed by atoms with Gasteiger partial charge in [0.1, 0.15) is 0 Å². The molecule has 1 aromatic carbocycles. The topological polar surface area (TPSA) is 57.5 Å². The van der Waals surface area contributed by atoms with E-state index in [0.29, 0.717) is 6.42 Å². The number of hydrogen-bond acceptors (Lipinski definition) is 1. The van der Waals surface area contributed by atoms with Gasteiger partial charge in [0.2, 0.25) is 0 Å². The Bertz CT molecular complexity index is 368. The Balaban J connectivity index is 3.25. The van der Waals surface area contributed by atoms with Gasteiger partial charge in [-0.15, -0.1) is 0 Å². The number of aryl methyl sites for hydroxylation is 2. The third-order valence-corrected chi connectivity index (χ3v) is 3.31. The fourth-order valence-electron chi connectivity index (χ4n) is 1.43. The van der Waals surface area contributed by atoms with Crippen LogP contribution in [0.25, 0.3) is 0 Å². The van der Waals surface area contributed by atoms with Crippen LogP contribution in [0.2, 0.25) is 0 Å². The van der Waals surface area contributed by atoms with E-state index >= 15 is 0 Å². The zero-order chi connectivity index (χ0) is 10.8. The van der Waals surface area contributed by atoms with E-state index in [1.54, 1.807) is 12.1 Å². The lowest BCUT2D eigenvalue weighted by Crippen LogP contribution is -2.10. The number of benzene rings is 1. The monoisotopic (exact) mass is 214 g/mol. The Kier molecular flexibility index (Phi) is 3.48. The predicted octanol–water partition coefficient (Wildman–Crippen LogP) is 1.61. The van der Waals surface area contributed by atoms with Crippen LogP contribution in [0.1, 0.15) is 25.0 Å². The first-order chi connectivity index (χ1) is 6.49. The van der Waals surface area contributed by atoms with Crippen LogP contribution in [-0.4, -0.2) is 9.79 Å². The minimum absolute atomic E-state index is 0.164. The average Bonchev–Trinajstić information content (AvgIpc) is 2.15. The molecule has 0 fully saturated rings. The van der Waals surface area contributed by atoms with E-state index in [-0.39, 0.29) is 5.30 Å². The van der Waals surface area contributed by atoms with E-state index in [1.165, 1.54) is 0 Å². The molecule has 1 rings (SSSR count). The highest BCUT2D eigenvalue weighted by Gasteiger charge is 2.20. The molecule has 0 radical (unpaired) electrons. The van der Waals surface area contributed by atoms with Gasteiger partial charge in [0.05, 0.1) is 5.30 Å². The molecule has 0 saturated carbocycles. The minimum atomic E-state index is -4.10. The fraction of sp³-hybridized carbons (Fsp3) is 0.400. The van der Waals surface area contributed by atoms with Gasteiger partial charge in [0, 0.05) is 0 Å². The summed E-state index contributed by atoms with van der Waals surface area (Å²) < 4.78 is 11.1. The molecular formula is C10H15O3P. The molecule has 4 heteroatoms. The molecule has 0 bridgehead atoms. The van der Waals surface area contributed by atoms with Gasteiger partial charge in [-0.25, -0.2) is 0 Å². The summed E-state index contributed by atoms with van der Waals surface area (Å²) in [5.74, 6) is 0. The van der Waals surface area contributed by atoms with Gasteiger partial charge in [-0.05, 0) is 30.0 Å². The highest BCUT2D eigenvalue weighted by atomic mass is 31.2. The first kappa shape index (κ1) is 11.4. The lowest BCUT2D eigenvalue weighted by molar-refractivity contribution is 0.387. The van der Waals surface area contributed by atoms with Gasteiger partial charge < -0.3 is 9.79 Å². The van der Waals surface area contributed by atoms with Crippen LogP contribution < -0.4 is 5.30 Å². The van der Waals surface area contributed by atoms with Crippen LogP contribution in [0, 0.1) is 0 Å². The van der Waals surface area contributed by atoms with Crippen LogP contribution in [0.15, 0.2) is 18.2 Å². The molecule has 0 aliphatic carbocycles. The quantitative estimate of drug-likeness (QED) is 0.751. The van der Waals surface area contributed by atoms with Crippen molar-refractivity contribution in [2.75, 3.05) is 0 Å². The largest absolute Gasteiger partial charge is 0.356 e. The summed E-state index contributed by atoms with van der Waals surface area (Å²) in [5, 5.41) is 0.164. The standard InChI is InChI=1S/C10H15O3P/c1-3-8-5-6-10(14(11,12)13)9(4-2)7-8/h5-7H,3-4H2,1-2H3,(H2,11,12,13). The van der Waals surface area contributed by atoms with E-state index in [0.717, 1.165) is 17.5 Å². The van der Waals surface area contributed by atoms with E-state index in [1.807, 2.05) is 19.9 Å². The molecule has 14 heavy (non-hydrogen) atoms. The zero-order valence-electron chi connectivity index (χ0n) is 8.40. The van der Waals surface area contributed by atoms with Crippen molar-refractivity contribution >= 4 is 12.9 Å². The normalized spacial score (nSPS) is 11.7. The average molecular weight is 214 g/mol. The summed E-state index contributed by atoms with van der Waals surface area (Å²) in [6.07, 6.45) is 1.53. The molecule has 0 spiro atoms. The number of hydrogen-bond donors (Lipinski definition) is 2. The Hall–Kier alpha value is -0.630. The molecule has 0 aromatic heterocycles. The van der Waals surface area contributed by atoms with Crippen LogP contribution in [0.5, 0.6) is 0 Å². The van der Waals surface area contributed by atoms with Crippen molar-refractivity contribution in [3.05, 3.63) is 29.3 Å². The van der Waals surface area contributed by atoms with Crippen molar-refractivity contribution < 1.29 is 14.4 Å². The molecule has 0 atom stereocenters. The van der Waals surface area contributed by atoms with Crippen molar-refractivity contribution in [2.45, 2.75) is 26.7 Å². The van der Waals surface area contributed by atoms with Crippen molar-refractivity contribution in [3.8, 4) is 0 Å². The molecule has 0 saturated heterocycles. The Morgan fingerprint density at radius 1 is 1.21 bits per heavy atom. The maximum atomic E-state index is 11.1. The van der Waals surface area contributed by atoms with Crippen LogP contribution >= 0.6 is 7.60 Å². The van der Waals surface area contributed by atoms with Gasteiger partial charge in [-0.3, -0.25) is 4.57 Å². The first-order valence-electron chi connectivity index (χ1n) is 4.67. The molecule has 1 aromatic rings. The van der Waals surface area contributed by atoms with Crippen molar-refractivity contribution in [1.82, 2.24) is 0 Å². The van der Waals surface area contributed by atoms with Gasteiger partial charge >= 0.3 is 7.60 Å². The molecule has 0 unspecified atom stereocenters. The second kappa shape index (κ2) is 4.26. The molecule has 0 heterocycles. The SMILES string of the molecule is CCc1ccc(P(=O)(O)O)c(CC)c1. The maximum Gasteiger partial charge on any atom is 0.356 e. The summed E-state index contributed by atoms with van der Waals surface area (Å²) in [6.45, 7) is 3.92. The number of rotatable bonds is 3. The molecule has 3 nitrogen and oxygen atoms in total. The molecule has 78 valence electrons. The second-order valence-corrected chi connectivity index (χ2v) is 4.78. The molecule has 0 aliphatic rings. The fourth-order valence-corrected chi connectivity index (χ4v) is 2.29. The van der Waals surface area contributed by atoms with Crippen molar-refractivity contribution in [2.24, 2.45) is 0 Å². The summed E-state index contributed by atoms with van der Waals surface area (Å²) >= 11 is 0. The van der Waals surface area contributed by atoms with Crippen LogP contribution in [0.3, 0.4) is 0 Å².